The predicted octanol–water partition coefficient (Wildman–Crippen LogP) is 2.95. The summed E-state index contributed by atoms with van der Waals surface area (Å²) < 4.78 is 0. The van der Waals surface area contributed by atoms with Crippen molar-refractivity contribution in [1.82, 2.24) is 15.8 Å². The van der Waals surface area contributed by atoms with E-state index in [0.29, 0.717) is 31.5 Å². The van der Waals surface area contributed by atoms with Crippen LogP contribution in [0.3, 0.4) is 0 Å². The number of nitrogens with zero attached hydrogens (tertiary/aromatic N) is 1. The molecule has 0 bridgehead atoms. The van der Waals surface area contributed by atoms with Crippen molar-refractivity contribution in [1.29, 1.82) is 0 Å². The fourth-order valence-corrected chi connectivity index (χ4v) is 3.25. The quantitative estimate of drug-likeness (QED) is 0.697. The van der Waals surface area contributed by atoms with Gasteiger partial charge in [-0.05, 0) is 49.1 Å². The molecule has 3 rings (SSSR count). The summed E-state index contributed by atoms with van der Waals surface area (Å²) >= 11 is 0. The Morgan fingerprint density at radius 2 is 1.59 bits per heavy atom. The van der Waals surface area contributed by atoms with Gasteiger partial charge in [-0.2, -0.15) is 0 Å². The minimum absolute atomic E-state index is 0.168. The molecule has 1 aliphatic heterocycles. The number of hydrogen-bond donors (Lipinski definition) is 3. The Hall–Kier alpha value is -3.35. The molecule has 0 aromatic heterocycles. The summed E-state index contributed by atoms with van der Waals surface area (Å²) in [5, 5.41) is 2.85. The van der Waals surface area contributed by atoms with E-state index in [2.05, 4.69) is 16.2 Å². The number of anilines is 1. The van der Waals surface area contributed by atoms with Crippen LogP contribution in [0.25, 0.3) is 0 Å². The zero-order chi connectivity index (χ0) is 20.6. The van der Waals surface area contributed by atoms with Crippen LogP contribution in [0.4, 0.5) is 10.5 Å². The normalized spacial score (nSPS) is 14.2. The molecule has 0 saturated carbocycles. The molecule has 1 aliphatic rings. The van der Waals surface area contributed by atoms with Crippen LogP contribution in [-0.2, 0) is 11.2 Å². The van der Waals surface area contributed by atoms with E-state index in [4.69, 9.17) is 0 Å². The average molecular weight is 394 g/mol. The maximum atomic E-state index is 12.4. The average Bonchev–Trinajstić information content (AvgIpc) is 2.78. The van der Waals surface area contributed by atoms with Crippen LogP contribution in [0.2, 0.25) is 0 Å². The minimum atomic E-state index is -0.347. The molecule has 0 spiro atoms. The van der Waals surface area contributed by atoms with Gasteiger partial charge in [-0.3, -0.25) is 20.4 Å². The zero-order valence-corrected chi connectivity index (χ0v) is 16.5. The third-order valence-electron chi connectivity index (χ3n) is 5.10. The van der Waals surface area contributed by atoms with E-state index in [-0.39, 0.29) is 23.8 Å². The molecule has 0 unspecified atom stereocenters. The summed E-state index contributed by atoms with van der Waals surface area (Å²) in [4.78, 5) is 38.5. The van der Waals surface area contributed by atoms with Crippen LogP contribution in [0.5, 0.6) is 0 Å². The number of amides is 4. The number of nitrogens with one attached hydrogen (secondary N) is 3. The first-order valence-electron chi connectivity index (χ1n) is 9.87. The van der Waals surface area contributed by atoms with E-state index in [9.17, 15) is 14.4 Å². The lowest BCUT2D eigenvalue weighted by Crippen LogP contribution is -2.48. The standard InChI is InChI=1S/C22H26N4O3/c1-2-16-8-10-17(11-9-16)20(27)24-25-21(28)18-12-14-26(15-13-18)22(29)23-19-6-4-3-5-7-19/h3-11,18H,2,12-15H2,1H3,(H,23,29)(H,24,27)(H,25,28). The molecule has 2 aromatic carbocycles. The third kappa shape index (κ3) is 5.57. The number of carbonyl (C=O) groups excluding carboxylic acids is 3. The summed E-state index contributed by atoms with van der Waals surface area (Å²) in [5.74, 6) is -0.814. The van der Waals surface area contributed by atoms with Gasteiger partial charge >= 0.3 is 6.03 Å². The van der Waals surface area contributed by atoms with Crippen LogP contribution in [0.15, 0.2) is 54.6 Å². The van der Waals surface area contributed by atoms with Crippen LogP contribution in [0, 0.1) is 5.92 Å². The first-order chi connectivity index (χ1) is 14.1. The lowest BCUT2D eigenvalue weighted by Gasteiger charge is -2.31. The Labute approximate surface area is 170 Å². The Balaban J connectivity index is 1.42. The number of aryl methyl sites for hydroxylation is 1. The van der Waals surface area contributed by atoms with Gasteiger partial charge in [-0.25, -0.2) is 4.79 Å². The molecular weight excluding hydrogens is 368 g/mol. The van der Waals surface area contributed by atoms with E-state index in [1.807, 2.05) is 49.4 Å². The van der Waals surface area contributed by atoms with Crippen molar-refractivity contribution in [2.75, 3.05) is 18.4 Å². The molecule has 4 amide bonds. The summed E-state index contributed by atoms with van der Waals surface area (Å²) in [6.45, 7) is 3.03. The lowest BCUT2D eigenvalue weighted by atomic mass is 9.96. The Bertz CT molecular complexity index is 844. The number of hydrogen-bond acceptors (Lipinski definition) is 3. The molecule has 2 aromatic rings. The van der Waals surface area contributed by atoms with Gasteiger partial charge in [0, 0.05) is 30.3 Å². The first kappa shape index (κ1) is 20.4. The molecule has 0 radical (unpaired) electrons. The monoisotopic (exact) mass is 394 g/mol. The molecule has 1 heterocycles. The van der Waals surface area contributed by atoms with Crippen molar-refractivity contribution in [3.63, 3.8) is 0 Å². The minimum Gasteiger partial charge on any atom is -0.324 e. The van der Waals surface area contributed by atoms with Crippen LogP contribution in [-0.4, -0.2) is 35.8 Å². The fraction of sp³-hybridized carbons (Fsp3) is 0.318. The highest BCUT2D eigenvalue weighted by Gasteiger charge is 2.27. The van der Waals surface area contributed by atoms with Gasteiger partial charge in [0.1, 0.15) is 0 Å². The number of carbonyl (C=O) groups is 3. The molecule has 1 fully saturated rings. The highest BCUT2D eigenvalue weighted by molar-refractivity contribution is 5.95. The molecule has 7 nitrogen and oxygen atoms in total. The highest BCUT2D eigenvalue weighted by Crippen LogP contribution is 2.18. The van der Waals surface area contributed by atoms with Gasteiger partial charge in [-0.1, -0.05) is 37.3 Å². The van der Waals surface area contributed by atoms with Gasteiger partial charge in [-0.15, -0.1) is 0 Å². The second kappa shape index (κ2) is 9.73. The second-order valence-corrected chi connectivity index (χ2v) is 7.05. The molecule has 0 aliphatic carbocycles. The van der Waals surface area contributed by atoms with Crippen molar-refractivity contribution >= 4 is 23.5 Å². The predicted molar refractivity (Wildman–Crippen MR) is 111 cm³/mol. The van der Waals surface area contributed by atoms with Gasteiger partial charge in [0.15, 0.2) is 0 Å². The van der Waals surface area contributed by atoms with Crippen molar-refractivity contribution in [3.05, 3.63) is 65.7 Å². The first-order valence-corrected chi connectivity index (χ1v) is 9.87. The number of rotatable bonds is 4. The van der Waals surface area contributed by atoms with Gasteiger partial charge in [0.25, 0.3) is 5.91 Å². The summed E-state index contributed by atoms with van der Waals surface area (Å²) in [5.41, 5.74) is 7.36. The Morgan fingerprint density at radius 3 is 2.21 bits per heavy atom. The van der Waals surface area contributed by atoms with Crippen LogP contribution in [0.1, 0.15) is 35.7 Å². The number of benzene rings is 2. The van der Waals surface area contributed by atoms with Gasteiger partial charge in [0.2, 0.25) is 5.91 Å². The number of piperidine rings is 1. The van der Waals surface area contributed by atoms with E-state index < -0.39 is 0 Å². The summed E-state index contributed by atoms with van der Waals surface area (Å²) in [6, 6.07) is 16.4. The van der Waals surface area contributed by atoms with E-state index in [0.717, 1.165) is 17.7 Å². The molecule has 7 heteroatoms. The SMILES string of the molecule is CCc1ccc(C(=O)NNC(=O)C2CCN(C(=O)Nc3ccccc3)CC2)cc1. The van der Waals surface area contributed by atoms with Gasteiger partial charge < -0.3 is 10.2 Å². The van der Waals surface area contributed by atoms with Crippen molar-refractivity contribution in [2.24, 2.45) is 5.92 Å². The smallest absolute Gasteiger partial charge is 0.321 e. The molecule has 29 heavy (non-hydrogen) atoms. The Kier molecular flexibility index (Phi) is 6.84. The molecule has 152 valence electrons. The summed E-state index contributed by atoms with van der Waals surface area (Å²) in [7, 11) is 0. The third-order valence-corrected chi connectivity index (χ3v) is 5.10. The number of hydrazine groups is 1. The highest BCUT2D eigenvalue weighted by atomic mass is 16.2. The lowest BCUT2D eigenvalue weighted by molar-refractivity contribution is -0.127. The Morgan fingerprint density at radius 1 is 0.931 bits per heavy atom. The van der Waals surface area contributed by atoms with Crippen LogP contribution < -0.4 is 16.2 Å². The summed E-state index contributed by atoms with van der Waals surface area (Å²) in [6.07, 6.45) is 2.00. The zero-order valence-electron chi connectivity index (χ0n) is 16.5. The molecule has 1 saturated heterocycles. The topological polar surface area (TPSA) is 90.5 Å². The molecule has 3 N–H and O–H groups in total. The molecule has 0 atom stereocenters. The molecular formula is C22H26N4O3. The van der Waals surface area contributed by atoms with Gasteiger partial charge in [0.05, 0.1) is 0 Å². The van der Waals surface area contributed by atoms with E-state index in [1.165, 1.54) is 0 Å². The number of urea groups is 1. The maximum Gasteiger partial charge on any atom is 0.321 e. The number of para-hydroxylation sites is 1. The van der Waals surface area contributed by atoms with Crippen molar-refractivity contribution in [3.8, 4) is 0 Å². The van der Waals surface area contributed by atoms with Crippen molar-refractivity contribution < 1.29 is 14.4 Å². The second-order valence-electron chi connectivity index (χ2n) is 7.05. The largest absolute Gasteiger partial charge is 0.324 e. The van der Waals surface area contributed by atoms with Crippen molar-refractivity contribution in [2.45, 2.75) is 26.2 Å². The number of likely N-dealkylation sites (tertiary alicyclic amines) is 1. The fourth-order valence-electron chi connectivity index (χ4n) is 3.25. The van der Waals surface area contributed by atoms with Crippen LogP contribution >= 0.6 is 0 Å². The van der Waals surface area contributed by atoms with E-state index in [1.54, 1.807) is 17.0 Å². The van der Waals surface area contributed by atoms with E-state index >= 15 is 0 Å². The maximum absolute atomic E-state index is 12.4.